The molecule has 1 aliphatic rings. The molecule has 1 aromatic carbocycles. The third-order valence-corrected chi connectivity index (χ3v) is 3.26. The van der Waals surface area contributed by atoms with Crippen molar-refractivity contribution in [1.82, 2.24) is 0 Å². The van der Waals surface area contributed by atoms with Gasteiger partial charge in [-0.05, 0) is 43.9 Å². The van der Waals surface area contributed by atoms with Crippen molar-refractivity contribution in [2.24, 2.45) is 0 Å². The zero-order chi connectivity index (χ0) is 11.7. The third kappa shape index (κ3) is 1.73. The van der Waals surface area contributed by atoms with E-state index in [1.54, 1.807) is 0 Å². The lowest BCUT2D eigenvalue weighted by Crippen LogP contribution is -2.40. The number of fused-ring (bicyclic) bond motifs is 1. The summed E-state index contributed by atoms with van der Waals surface area (Å²) < 4.78 is 0. The fourth-order valence-electron chi connectivity index (χ4n) is 2.52. The third-order valence-electron chi connectivity index (χ3n) is 3.26. The Labute approximate surface area is 97.3 Å². The Morgan fingerprint density at radius 1 is 1.31 bits per heavy atom. The summed E-state index contributed by atoms with van der Waals surface area (Å²) in [6, 6.07) is 6.56. The Kier molecular flexibility index (Phi) is 2.99. The first kappa shape index (κ1) is 11.2. The molecular weight excluding hydrogens is 198 g/mol. The van der Waals surface area contributed by atoms with E-state index in [2.05, 4.69) is 39.0 Å². The van der Waals surface area contributed by atoms with E-state index in [1.807, 2.05) is 4.90 Å². The lowest BCUT2D eigenvalue weighted by atomic mass is 9.94. The van der Waals surface area contributed by atoms with Gasteiger partial charge in [0.05, 0.1) is 0 Å². The Hall–Kier alpha value is -1.31. The number of hydrogen-bond donors (Lipinski definition) is 0. The molecule has 0 fully saturated rings. The van der Waals surface area contributed by atoms with Crippen LogP contribution in [0.5, 0.6) is 0 Å². The number of benzene rings is 1. The average Bonchev–Trinajstić information content (AvgIpc) is 2.27. The van der Waals surface area contributed by atoms with Gasteiger partial charge in [-0.15, -0.1) is 0 Å². The van der Waals surface area contributed by atoms with Crippen LogP contribution in [-0.2, 0) is 17.6 Å². The van der Waals surface area contributed by atoms with Crippen molar-refractivity contribution >= 4 is 11.6 Å². The SMILES string of the molecule is CCc1cccc2c1CCC(=O)N2C(C)C. The number of hydrogen-bond acceptors (Lipinski definition) is 1. The number of carbonyl (C=O) groups excluding carboxylic acids is 1. The fourth-order valence-corrected chi connectivity index (χ4v) is 2.52. The normalized spacial score (nSPS) is 15.5. The Morgan fingerprint density at radius 3 is 2.69 bits per heavy atom. The number of rotatable bonds is 2. The monoisotopic (exact) mass is 217 g/mol. The summed E-state index contributed by atoms with van der Waals surface area (Å²) in [7, 11) is 0. The van der Waals surface area contributed by atoms with Crippen molar-refractivity contribution < 1.29 is 4.79 Å². The molecule has 0 saturated carbocycles. The maximum Gasteiger partial charge on any atom is 0.227 e. The molecule has 2 heteroatoms. The van der Waals surface area contributed by atoms with Gasteiger partial charge < -0.3 is 4.90 Å². The quantitative estimate of drug-likeness (QED) is 0.746. The Morgan fingerprint density at radius 2 is 2.06 bits per heavy atom. The van der Waals surface area contributed by atoms with Crippen LogP contribution in [-0.4, -0.2) is 11.9 Å². The zero-order valence-electron chi connectivity index (χ0n) is 10.3. The lowest BCUT2D eigenvalue weighted by Gasteiger charge is -2.33. The standard InChI is InChI=1S/C14H19NO/c1-4-11-6-5-7-13-12(11)8-9-14(16)15(13)10(2)3/h5-7,10H,4,8-9H2,1-3H3. The number of nitrogens with zero attached hydrogens (tertiary/aromatic N) is 1. The molecule has 1 heterocycles. The van der Waals surface area contributed by atoms with Crippen LogP contribution >= 0.6 is 0 Å². The molecule has 0 N–H and O–H groups in total. The van der Waals surface area contributed by atoms with E-state index in [-0.39, 0.29) is 11.9 Å². The highest BCUT2D eigenvalue weighted by molar-refractivity contribution is 5.97. The Balaban J connectivity index is 2.52. The largest absolute Gasteiger partial charge is 0.310 e. The van der Waals surface area contributed by atoms with Crippen LogP contribution in [0.15, 0.2) is 18.2 Å². The second-order valence-corrected chi connectivity index (χ2v) is 4.63. The van der Waals surface area contributed by atoms with Crippen LogP contribution in [0.2, 0.25) is 0 Å². The second kappa shape index (κ2) is 4.28. The molecule has 2 nitrogen and oxygen atoms in total. The zero-order valence-corrected chi connectivity index (χ0v) is 10.3. The summed E-state index contributed by atoms with van der Waals surface area (Å²) in [6.07, 6.45) is 2.60. The van der Waals surface area contributed by atoms with Crippen LogP contribution in [0.4, 0.5) is 5.69 Å². The smallest absolute Gasteiger partial charge is 0.227 e. The van der Waals surface area contributed by atoms with Gasteiger partial charge in [-0.2, -0.15) is 0 Å². The van der Waals surface area contributed by atoms with Gasteiger partial charge in [0, 0.05) is 18.2 Å². The van der Waals surface area contributed by atoms with Crippen molar-refractivity contribution in [3.8, 4) is 0 Å². The highest BCUT2D eigenvalue weighted by atomic mass is 16.2. The van der Waals surface area contributed by atoms with E-state index >= 15 is 0 Å². The van der Waals surface area contributed by atoms with Crippen molar-refractivity contribution in [3.63, 3.8) is 0 Å². The van der Waals surface area contributed by atoms with E-state index in [1.165, 1.54) is 11.1 Å². The summed E-state index contributed by atoms with van der Waals surface area (Å²) in [4.78, 5) is 13.9. The van der Waals surface area contributed by atoms with Crippen molar-refractivity contribution in [2.45, 2.75) is 46.1 Å². The highest BCUT2D eigenvalue weighted by Crippen LogP contribution is 2.32. The predicted molar refractivity (Wildman–Crippen MR) is 66.8 cm³/mol. The maximum atomic E-state index is 11.9. The minimum atomic E-state index is 0.249. The molecule has 86 valence electrons. The van der Waals surface area contributed by atoms with Crippen LogP contribution in [0, 0.1) is 0 Å². The molecule has 0 aromatic heterocycles. The first-order valence-corrected chi connectivity index (χ1v) is 6.08. The second-order valence-electron chi connectivity index (χ2n) is 4.63. The molecule has 16 heavy (non-hydrogen) atoms. The number of aryl methyl sites for hydroxylation is 1. The molecule has 0 bridgehead atoms. The summed E-state index contributed by atoms with van der Waals surface area (Å²) in [6.45, 7) is 6.32. The fraction of sp³-hybridized carbons (Fsp3) is 0.500. The minimum absolute atomic E-state index is 0.249. The number of carbonyl (C=O) groups is 1. The summed E-state index contributed by atoms with van der Waals surface area (Å²) in [5.74, 6) is 0.260. The maximum absolute atomic E-state index is 11.9. The number of anilines is 1. The predicted octanol–water partition coefficient (Wildman–Crippen LogP) is 2.94. The molecule has 1 aromatic rings. The summed E-state index contributed by atoms with van der Waals surface area (Å²) in [5.41, 5.74) is 3.89. The number of amides is 1. The van der Waals surface area contributed by atoms with Gasteiger partial charge in [0.2, 0.25) is 5.91 Å². The highest BCUT2D eigenvalue weighted by Gasteiger charge is 2.26. The van der Waals surface area contributed by atoms with Crippen LogP contribution in [0.3, 0.4) is 0 Å². The molecule has 1 aliphatic heterocycles. The van der Waals surface area contributed by atoms with Crippen molar-refractivity contribution in [3.05, 3.63) is 29.3 Å². The van der Waals surface area contributed by atoms with Gasteiger partial charge in [-0.1, -0.05) is 19.1 Å². The summed E-state index contributed by atoms with van der Waals surface area (Å²) in [5, 5.41) is 0. The summed E-state index contributed by atoms with van der Waals surface area (Å²) >= 11 is 0. The van der Waals surface area contributed by atoms with E-state index < -0.39 is 0 Å². The molecule has 0 saturated heterocycles. The Bertz CT molecular complexity index is 409. The first-order valence-electron chi connectivity index (χ1n) is 6.08. The van der Waals surface area contributed by atoms with Gasteiger partial charge in [0.25, 0.3) is 0 Å². The molecule has 0 atom stereocenters. The molecule has 1 amide bonds. The van der Waals surface area contributed by atoms with E-state index in [4.69, 9.17) is 0 Å². The molecule has 0 radical (unpaired) electrons. The molecule has 2 rings (SSSR count). The van der Waals surface area contributed by atoms with Gasteiger partial charge in [0.1, 0.15) is 0 Å². The van der Waals surface area contributed by atoms with Gasteiger partial charge in [-0.25, -0.2) is 0 Å². The average molecular weight is 217 g/mol. The van der Waals surface area contributed by atoms with Crippen LogP contribution < -0.4 is 4.90 Å². The topological polar surface area (TPSA) is 20.3 Å². The minimum Gasteiger partial charge on any atom is -0.310 e. The van der Waals surface area contributed by atoms with Crippen molar-refractivity contribution in [1.29, 1.82) is 0 Å². The first-order chi connectivity index (χ1) is 7.65. The van der Waals surface area contributed by atoms with Crippen LogP contribution in [0.1, 0.15) is 38.3 Å². The molecule has 0 unspecified atom stereocenters. The van der Waals surface area contributed by atoms with Crippen molar-refractivity contribution in [2.75, 3.05) is 4.90 Å². The lowest BCUT2D eigenvalue weighted by molar-refractivity contribution is -0.119. The van der Waals surface area contributed by atoms with Gasteiger partial charge >= 0.3 is 0 Å². The molecule has 0 spiro atoms. The van der Waals surface area contributed by atoms with Gasteiger partial charge in [0.15, 0.2) is 0 Å². The van der Waals surface area contributed by atoms with E-state index in [0.717, 1.165) is 18.5 Å². The molecular formula is C14H19NO. The van der Waals surface area contributed by atoms with E-state index in [9.17, 15) is 4.79 Å². The van der Waals surface area contributed by atoms with E-state index in [0.29, 0.717) is 6.42 Å². The van der Waals surface area contributed by atoms with Crippen LogP contribution in [0.25, 0.3) is 0 Å². The van der Waals surface area contributed by atoms with Gasteiger partial charge in [-0.3, -0.25) is 4.79 Å². The molecule has 0 aliphatic carbocycles.